The first-order valence-electron chi connectivity index (χ1n) is 12.0. The van der Waals surface area contributed by atoms with Crippen molar-refractivity contribution in [3.63, 3.8) is 0 Å². The molecule has 1 amide bonds. The van der Waals surface area contributed by atoms with Crippen molar-refractivity contribution in [3.05, 3.63) is 101 Å². The van der Waals surface area contributed by atoms with Crippen LogP contribution >= 0.6 is 23.1 Å². The lowest BCUT2D eigenvalue weighted by Crippen LogP contribution is -2.53. The summed E-state index contributed by atoms with van der Waals surface area (Å²) in [6, 6.07) is 23.4. The van der Waals surface area contributed by atoms with Gasteiger partial charge in [-0.05, 0) is 55.0 Å². The molecule has 39 heavy (non-hydrogen) atoms. The summed E-state index contributed by atoms with van der Waals surface area (Å²) in [4.78, 5) is 19.9. The number of nitrogens with zero attached hydrogens (tertiary/aromatic N) is 4. The number of anilines is 2. The normalized spacial score (nSPS) is 20.7. The molecule has 0 aliphatic carbocycles. The number of benzene rings is 3. The number of rotatable bonds is 5. The van der Waals surface area contributed by atoms with Gasteiger partial charge >= 0.3 is 0 Å². The standard InChI is InChI=1S/C28H22N4O4S3/c1-19-18-28(32(30-19)21-14-16-22(17-15-21)39(34,35)36)31(27-29-23-11-5-6-12-24(23)37-27)26(33)25(38-28)13-7-10-20-8-3-2-4-9-20/h2-17H,18H2,1H3,(H,34,35,36). The second kappa shape index (κ2) is 9.76. The molecular formula is C28H22N4O4S3. The van der Waals surface area contributed by atoms with Crippen LogP contribution in [0.25, 0.3) is 16.3 Å². The summed E-state index contributed by atoms with van der Waals surface area (Å²) in [5.74, 6) is -0.193. The van der Waals surface area contributed by atoms with E-state index in [1.165, 1.54) is 35.2 Å². The molecule has 0 saturated carbocycles. The molecule has 4 aromatic rings. The van der Waals surface area contributed by atoms with Crippen molar-refractivity contribution in [3.8, 4) is 0 Å². The minimum atomic E-state index is -4.35. The number of carbonyl (C=O) groups is 1. The highest BCUT2D eigenvalue weighted by Crippen LogP contribution is 2.55. The fourth-order valence-electron chi connectivity index (χ4n) is 4.61. The number of hydrogen-bond acceptors (Lipinski definition) is 8. The van der Waals surface area contributed by atoms with E-state index in [1.54, 1.807) is 22.0 Å². The van der Waals surface area contributed by atoms with E-state index in [0.29, 0.717) is 22.1 Å². The molecule has 1 saturated heterocycles. The summed E-state index contributed by atoms with van der Waals surface area (Å²) in [7, 11) is -4.35. The maximum atomic E-state index is 14.0. The van der Waals surface area contributed by atoms with E-state index < -0.39 is 15.1 Å². The van der Waals surface area contributed by atoms with Crippen LogP contribution in [0.15, 0.2) is 106 Å². The summed E-state index contributed by atoms with van der Waals surface area (Å²) in [5.41, 5.74) is 3.20. The number of hydrogen-bond donors (Lipinski definition) is 1. The first-order chi connectivity index (χ1) is 18.7. The molecule has 1 fully saturated rings. The first-order valence-corrected chi connectivity index (χ1v) is 15.1. The fourth-order valence-corrected chi connectivity index (χ4v) is 7.63. The molecule has 1 N–H and O–H groups in total. The lowest BCUT2D eigenvalue weighted by Gasteiger charge is -2.38. The van der Waals surface area contributed by atoms with Crippen LogP contribution in [0.1, 0.15) is 18.9 Å². The average Bonchev–Trinajstić information content (AvgIpc) is 3.57. The SMILES string of the molecule is CC1=NN(c2ccc(S(=O)(=O)O)cc2)C2(C1)SC(=CC=Cc1ccccc1)C(=O)N2c1nc2ccccc2s1. The van der Waals surface area contributed by atoms with Crippen molar-refractivity contribution in [2.75, 3.05) is 9.91 Å². The molecule has 11 heteroatoms. The number of allylic oxidation sites excluding steroid dienone is 2. The quantitative estimate of drug-likeness (QED) is 0.225. The molecule has 1 spiro atoms. The molecule has 0 radical (unpaired) electrons. The van der Waals surface area contributed by atoms with E-state index in [9.17, 15) is 17.8 Å². The van der Waals surface area contributed by atoms with Crippen molar-refractivity contribution in [1.29, 1.82) is 0 Å². The summed E-state index contributed by atoms with van der Waals surface area (Å²) in [6.45, 7) is 1.90. The Bertz CT molecular complexity index is 1750. The van der Waals surface area contributed by atoms with Crippen LogP contribution in [0, 0.1) is 0 Å². The van der Waals surface area contributed by atoms with Gasteiger partial charge in [0.2, 0.25) is 4.99 Å². The van der Waals surface area contributed by atoms with Gasteiger partial charge in [0.15, 0.2) is 5.13 Å². The summed E-state index contributed by atoms with van der Waals surface area (Å²) in [6.07, 6.45) is 6.05. The number of aromatic nitrogens is 1. The van der Waals surface area contributed by atoms with E-state index in [4.69, 9.17) is 10.1 Å². The minimum Gasteiger partial charge on any atom is -0.282 e. The lowest BCUT2D eigenvalue weighted by molar-refractivity contribution is -0.114. The van der Waals surface area contributed by atoms with Crippen molar-refractivity contribution in [2.45, 2.75) is 23.2 Å². The molecule has 3 heterocycles. The van der Waals surface area contributed by atoms with Gasteiger partial charge in [0.1, 0.15) is 0 Å². The van der Waals surface area contributed by atoms with Crippen molar-refractivity contribution in [2.24, 2.45) is 5.10 Å². The maximum Gasteiger partial charge on any atom is 0.294 e. The van der Waals surface area contributed by atoms with E-state index in [0.717, 1.165) is 21.5 Å². The van der Waals surface area contributed by atoms with Crippen molar-refractivity contribution >= 4 is 71.9 Å². The predicted molar refractivity (Wildman–Crippen MR) is 157 cm³/mol. The molecule has 2 aliphatic heterocycles. The fraction of sp³-hybridized carbons (Fsp3) is 0.107. The third-order valence-electron chi connectivity index (χ3n) is 6.31. The second-order valence-electron chi connectivity index (χ2n) is 9.04. The van der Waals surface area contributed by atoms with Gasteiger partial charge in [-0.3, -0.25) is 9.35 Å². The maximum absolute atomic E-state index is 14.0. The Hall–Kier alpha value is -3.77. The molecule has 1 atom stereocenters. The summed E-state index contributed by atoms with van der Waals surface area (Å²) < 4.78 is 33.6. The highest BCUT2D eigenvalue weighted by atomic mass is 32.2. The molecule has 2 aliphatic rings. The third-order valence-corrected chi connectivity index (χ3v) is 9.56. The number of amides is 1. The van der Waals surface area contributed by atoms with Crippen LogP contribution in [0.4, 0.5) is 10.8 Å². The highest BCUT2D eigenvalue weighted by Gasteiger charge is 2.58. The van der Waals surface area contributed by atoms with Gasteiger partial charge in [-0.2, -0.15) is 13.5 Å². The van der Waals surface area contributed by atoms with Crippen molar-refractivity contribution < 1.29 is 17.8 Å². The van der Waals surface area contributed by atoms with Crippen LogP contribution in [0.5, 0.6) is 0 Å². The van der Waals surface area contributed by atoms with Crippen LogP contribution in [-0.4, -0.2) is 34.6 Å². The molecule has 8 nitrogen and oxygen atoms in total. The predicted octanol–water partition coefficient (Wildman–Crippen LogP) is 6.16. The first kappa shape index (κ1) is 25.5. The van der Waals surface area contributed by atoms with Crippen molar-refractivity contribution in [1.82, 2.24) is 4.98 Å². The van der Waals surface area contributed by atoms with Crippen LogP contribution in [-0.2, 0) is 14.9 Å². The van der Waals surface area contributed by atoms with Gasteiger partial charge in [0.25, 0.3) is 16.0 Å². The number of thiazole rings is 1. The smallest absolute Gasteiger partial charge is 0.282 e. The molecule has 3 aromatic carbocycles. The monoisotopic (exact) mass is 574 g/mol. The van der Waals surface area contributed by atoms with Gasteiger partial charge in [-0.15, -0.1) is 0 Å². The Balaban J connectivity index is 1.46. The molecule has 1 aromatic heterocycles. The van der Waals surface area contributed by atoms with Gasteiger partial charge < -0.3 is 0 Å². The zero-order chi connectivity index (χ0) is 27.2. The molecule has 196 valence electrons. The Morgan fingerprint density at radius 1 is 1.00 bits per heavy atom. The van der Waals surface area contributed by atoms with Crippen LogP contribution in [0.3, 0.4) is 0 Å². The number of thioether (sulfide) groups is 1. The molecule has 0 bridgehead atoms. The van der Waals surface area contributed by atoms with E-state index in [1.807, 2.05) is 79.7 Å². The molecule has 1 unspecified atom stereocenters. The number of hydrazone groups is 1. The second-order valence-corrected chi connectivity index (χ2v) is 12.8. The molecule has 6 rings (SSSR count). The lowest BCUT2D eigenvalue weighted by atomic mass is 10.2. The Labute approximate surface area is 233 Å². The van der Waals surface area contributed by atoms with Gasteiger partial charge in [-0.1, -0.05) is 77.7 Å². The Kier molecular flexibility index (Phi) is 6.38. The third kappa shape index (κ3) is 4.67. The zero-order valence-corrected chi connectivity index (χ0v) is 23.1. The number of carbonyl (C=O) groups excluding carboxylic acids is 1. The Morgan fingerprint density at radius 2 is 1.72 bits per heavy atom. The minimum absolute atomic E-state index is 0.193. The van der Waals surface area contributed by atoms with Gasteiger partial charge in [-0.25, -0.2) is 14.9 Å². The largest absolute Gasteiger partial charge is 0.294 e. The number of para-hydroxylation sites is 1. The summed E-state index contributed by atoms with van der Waals surface area (Å²) in [5, 5.41) is 7.06. The number of fused-ring (bicyclic) bond motifs is 1. The highest BCUT2D eigenvalue weighted by molar-refractivity contribution is 8.06. The average molecular weight is 575 g/mol. The van der Waals surface area contributed by atoms with Crippen LogP contribution in [0.2, 0.25) is 0 Å². The Morgan fingerprint density at radius 3 is 2.44 bits per heavy atom. The van der Waals surface area contributed by atoms with Crippen LogP contribution < -0.4 is 9.91 Å². The van der Waals surface area contributed by atoms with E-state index >= 15 is 0 Å². The van der Waals surface area contributed by atoms with E-state index in [2.05, 4.69) is 0 Å². The van der Waals surface area contributed by atoms with Gasteiger partial charge in [0.05, 0.1) is 25.7 Å². The van der Waals surface area contributed by atoms with E-state index in [-0.39, 0.29) is 10.8 Å². The zero-order valence-electron chi connectivity index (χ0n) is 20.6. The molecular weight excluding hydrogens is 553 g/mol. The summed E-state index contributed by atoms with van der Waals surface area (Å²) >= 11 is 2.82. The van der Waals surface area contributed by atoms with Gasteiger partial charge in [0, 0.05) is 12.1 Å². The topological polar surface area (TPSA) is 103 Å².